The fourth-order valence-electron chi connectivity index (χ4n) is 3.71. The van der Waals surface area contributed by atoms with Gasteiger partial charge in [0, 0.05) is 35.9 Å². The number of rotatable bonds is 6. The minimum atomic E-state index is -1.21. The SMILES string of the molecule is C=CCCn1cc(C#CC(C)(C)O)c2c(c1=O)CC(C)=C2C(=O)OCc1ccccc1C. The summed E-state index contributed by atoms with van der Waals surface area (Å²) in [6.07, 6.45) is 4.42. The van der Waals surface area contributed by atoms with E-state index in [1.807, 2.05) is 38.1 Å². The van der Waals surface area contributed by atoms with Crippen LogP contribution in [0.25, 0.3) is 5.57 Å². The minimum Gasteiger partial charge on any atom is -0.457 e. The number of fused-ring (bicyclic) bond motifs is 1. The number of hydrogen-bond donors (Lipinski definition) is 1. The van der Waals surface area contributed by atoms with E-state index in [1.165, 1.54) is 0 Å². The summed E-state index contributed by atoms with van der Waals surface area (Å²) in [6.45, 7) is 11.3. The van der Waals surface area contributed by atoms with Crippen LogP contribution in [0.1, 0.15) is 55.0 Å². The van der Waals surface area contributed by atoms with Crippen molar-refractivity contribution >= 4 is 11.5 Å². The maximum absolute atomic E-state index is 13.1. The Morgan fingerprint density at radius 3 is 2.69 bits per heavy atom. The number of aliphatic hydroxyl groups is 1. The molecule has 1 aromatic carbocycles. The molecule has 1 aliphatic carbocycles. The highest BCUT2D eigenvalue weighted by Crippen LogP contribution is 2.34. The van der Waals surface area contributed by atoms with Crippen molar-refractivity contribution < 1.29 is 14.6 Å². The number of carbonyl (C=O) groups is 1. The van der Waals surface area contributed by atoms with E-state index >= 15 is 0 Å². The second kappa shape index (κ2) is 9.42. The minimum absolute atomic E-state index is 0.142. The van der Waals surface area contributed by atoms with E-state index in [9.17, 15) is 14.7 Å². The van der Waals surface area contributed by atoms with Gasteiger partial charge in [-0.2, -0.15) is 0 Å². The summed E-state index contributed by atoms with van der Waals surface area (Å²) in [5.41, 5.74) is 3.38. The van der Waals surface area contributed by atoms with Gasteiger partial charge in [-0.1, -0.05) is 47.8 Å². The van der Waals surface area contributed by atoms with Gasteiger partial charge < -0.3 is 14.4 Å². The van der Waals surface area contributed by atoms with Gasteiger partial charge in [0.15, 0.2) is 0 Å². The fraction of sp³-hybridized carbons (Fsp3) is 0.333. The molecule has 0 radical (unpaired) electrons. The smallest absolute Gasteiger partial charge is 0.339 e. The summed E-state index contributed by atoms with van der Waals surface area (Å²) >= 11 is 0. The predicted molar refractivity (Wildman–Crippen MR) is 126 cm³/mol. The van der Waals surface area contributed by atoms with E-state index in [1.54, 1.807) is 30.7 Å². The molecule has 0 fully saturated rings. The monoisotopic (exact) mass is 431 g/mol. The van der Waals surface area contributed by atoms with Gasteiger partial charge in [-0.15, -0.1) is 6.58 Å². The number of ether oxygens (including phenoxy) is 1. The highest BCUT2D eigenvalue weighted by Gasteiger charge is 2.31. The van der Waals surface area contributed by atoms with E-state index in [-0.39, 0.29) is 12.2 Å². The zero-order valence-corrected chi connectivity index (χ0v) is 19.1. The van der Waals surface area contributed by atoms with Crippen LogP contribution in [0.5, 0.6) is 0 Å². The van der Waals surface area contributed by atoms with Crippen molar-refractivity contribution in [1.29, 1.82) is 0 Å². The first-order valence-electron chi connectivity index (χ1n) is 10.7. The number of hydrogen-bond acceptors (Lipinski definition) is 4. The van der Waals surface area contributed by atoms with Crippen molar-refractivity contribution in [3.05, 3.63) is 86.9 Å². The van der Waals surface area contributed by atoms with E-state index < -0.39 is 11.6 Å². The third-order valence-corrected chi connectivity index (χ3v) is 5.40. The van der Waals surface area contributed by atoms with E-state index in [0.29, 0.717) is 41.6 Å². The zero-order chi connectivity index (χ0) is 23.5. The summed E-state index contributed by atoms with van der Waals surface area (Å²) in [5.74, 6) is 5.32. The number of carbonyl (C=O) groups excluding carboxylic acids is 1. The number of aryl methyl sites for hydroxylation is 2. The summed E-state index contributed by atoms with van der Waals surface area (Å²) < 4.78 is 7.24. The van der Waals surface area contributed by atoms with Gasteiger partial charge in [-0.25, -0.2) is 4.79 Å². The molecule has 5 heteroatoms. The van der Waals surface area contributed by atoms with Crippen LogP contribution in [0, 0.1) is 18.8 Å². The first-order valence-corrected chi connectivity index (χ1v) is 10.7. The Balaban J connectivity index is 2.04. The van der Waals surface area contributed by atoms with Crippen LogP contribution in [0.3, 0.4) is 0 Å². The normalized spacial score (nSPS) is 12.8. The molecule has 0 saturated carbocycles. The number of pyridine rings is 1. The van der Waals surface area contributed by atoms with Gasteiger partial charge in [0.25, 0.3) is 5.56 Å². The largest absolute Gasteiger partial charge is 0.457 e. The molecule has 1 aliphatic rings. The predicted octanol–water partition coefficient (Wildman–Crippen LogP) is 3.93. The molecule has 1 aromatic heterocycles. The third kappa shape index (κ3) is 5.09. The molecule has 0 unspecified atom stereocenters. The summed E-state index contributed by atoms with van der Waals surface area (Å²) in [6, 6.07) is 7.73. The molecular weight excluding hydrogens is 402 g/mol. The van der Waals surface area contributed by atoms with Gasteiger partial charge in [0.05, 0.1) is 5.57 Å². The standard InChI is InChI=1S/C27H29NO4/c1-6-7-14-28-16-20(12-13-27(4,5)31)24-22(25(28)29)15-19(3)23(24)26(30)32-17-21-11-9-8-10-18(21)2/h6,8-11,16,31H,1,7,14-15,17H2,2-5H3. The lowest BCUT2D eigenvalue weighted by Gasteiger charge is -2.14. The van der Waals surface area contributed by atoms with Gasteiger partial charge in [-0.05, 0) is 45.2 Å². The molecule has 166 valence electrons. The maximum atomic E-state index is 13.1. The average Bonchev–Trinajstić information content (AvgIpc) is 3.08. The molecular formula is C27H29NO4. The lowest BCUT2D eigenvalue weighted by molar-refractivity contribution is -0.137. The second-order valence-electron chi connectivity index (χ2n) is 8.62. The Morgan fingerprint density at radius 1 is 1.31 bits per heavy atom. The molecule has 3 rings (SSSR count). The van der Waals surface area contributed by atoms with Crippen molar-refractivity contribution in [2.24, 2.45) is 0 Å². The number of aromatic nitrogens is 1. The molecule has 0 aliphatic heterocycles. The third-order valence-electron chi connectivity index (χ3n) is 5.40. The Morgan fingerprint density at radius 2 is 2.03 bits per heavy atom. The molecule has 0 saturated heterocycles. The highest BCUT2D eigenvalue weighted by molar-refractivity contribution is 6.19. The Labute approximate surface area is 189 Å². The quantitative estimate of drug-likeness (QED) is 0.428. The molecule has 0 atom stereocenters. The molecule has 0 spiro atoms. The average molecular weight is 432 g/mol. The lowest BCUT2D eigenvalue weighted by atomic mass is 10.00. The van der Waals surface area contributed by atoms with Gasteiger partial charge in [0.2, 0.25) is 0 Å². The van der Waals surface area contributed by atoms with Crippen molar-refractivity contribution in [3.8, 4) is 11.8 Å². The van der Waals surface area contributed by atoms with Crippen molar-refractivity contribution in [2.45, 2.75) is 59.3 Å². The Kier molecular flexibility index (Phi) is 6.86. The van der Waals surface area contributed by atoms with Crippen LogP contribution < -0.4 is 5.56 Å². The molecule has 1 N–H and O–H groups in total. The molecule has 0 bridgehead atoms. The molecule has 32 heavy (non-hydrogen) atoms. The molecule has 1 heterocycles. The summed E-state index contributed by atoms with van der Waals surface area (Å²) in [5, 5.41) is 10.1. The van der Waals surface area contributed by atoms with E-state index in [2.05, 4.69) is 18.4 Å². The van der Waals surface area contributed by atoms with Crippen molar-refractivity contribution in [2.75, 3.05) is 0 Å². The van der Waals surface area contributed by atoms with Crippen molar-refractivity contribution in [3.63, 3.8) is 0 Å². The number of esters is 1. The van der Waals surface area contributed by atoms with E-state index in [0.717, 1.165) is 16.7 Å². The summed E-state index contributed by atoms with van der Waals surface area (Å²) in [7, 11) is 0. The van der Waals surface area contributed by atoms with Crippen LogP contribution in [-0.4, -0.2) is 21.2 Å². The number of benzene rings is 1. The van der Waals surface area contributed by atoms with Crippen LogP contribution in [0.15, 0.2) is 53.5 Å². The number of nitrogens with zero attached hydrogens (tertiary/aromatic N) is 1. The first-order chi connectivity index (χ1) is 15.1. The van der Waals surface area contributed by atoms with Crippen LogP contribution in [0.4, 0.5) is 0 Å². The highest BCUT2D eigenvalue weighted by atomic mass is 16.5. The second-order valence-corrected chi connectivity index (χ2v) is 8.62. The molecule has 5 nitrogen and oxygen atoms in total. The fourth-order valence-corrected chi connectivity index (χ4v) is 3.71. The van der Waals surface area contributed by atoms with Crippen LogP contribution >= 0.6 is 0 Å². The zero-order valence-electron chi connectivity index (χ0n) is 19.1. The van der Waals surface area contributed by atoms with Crippen LogP contribution in [-0.2, 0) is 29.1 Å². The number of allylic oxidation sites excluding steroid dienone is 2. The van der Waals surface area contributed by atoms with Gasteiger partial charge >= 0.3 is 5.97 Å². The van der Waals surface area contributed by atoms with Crippen LogP contribution in [0.2, 0.25) is 0 Å². The maximum Gasteiger partial charge on any atom is 0.339 e. The Hall–Kier alpha value is -3.36. The van der Waals surface area contributed by atoms with Gasteiger partial charge in [-0.3, -0.25) is 4.79 Å². The first kappa shape index (κ1) is 23.3. The van der Waals surface area contributed by atoms with Crippen molar-refractivity contribution in [1.82, 2.24) is 4.57 Å². The topological polar surface area (TPSA) is 68.5 Å². The van der Waals surface area contributed by atoms with Gasteiger partial charge in [0.1, 0.15) is 12.2 Å². The van der Waals surface area contributed by atoms with E-state index in [4.69, 9.17) is 4.74 Å². The molecule has 0 amide bonds. The summed E-state index contributed by atoms with van der Waals surface area (Å²) in [4.78, 5) is 26.2. The molecule has 2 aromatic rings. The Bertz CT molecular complexity index is 1210. The lowest BCUT2D eigenvalue weighted by Crippen LogP contribution is -2.25.